The number of benzene rings is 1. The number of esters is 1. The van der Waals surface area contributed by atoms with E-state index in [-0.39, 0.29) is 23.8 Å². The normalized spacial score (nSPS) is 19.3. The van der Waals surface area contributed by atoms with Crippen LogP contribution in [0.15, 0.2) is 41.0 Å². The summed E-state index contributed by atoms with van der Waals surface area (Å²) in [4.78, 5) is 12.2. The highest BCUT2D eigenvalue weighted by atomic mass is 16.7. The number of nitriles is 1. The van der Waals surface area contributed by atoms with Gasteiger partial charge in [-0.2, -0.15) is 5.26 Å². The number of hydrogen-bond donors (Lipinski definition) is 1. The summed E-state index contributed by atoms with van der Waals surface area (Å²) in [5, 5.41) is 9.45. The molecule has 118 valence electrons. The second-order valence-electron chi connectivity index (χ2n) is 5.00. The zero-order chi connectivity index (χ0) is 16.6. The Morgan fingerprint density at radius 1 is 1.39 bits per heavy atom. The van der Waals surface area contributed by atoms with Crippen LogP contribution in [-0.2, 0) is 14.3 Å². The van der Waals surface area contributed by atoms with Crippen molar-refractivity contribution in [2.24, 2.45) is 5.73 Å². The number of fused-ring (bicyclic) bond motifs is 1. The van der Waals surface area contributed by atoms with Crippen LogP contribution < -0.4 is 15.2 Å². The Morgan fingerprint density at radius 2 is 2.13 bits per heavy atom. The van der Waals surface area contributed by atoms with Crippen molar-refractivity contribution in [2.45, 2.75) is 12.8 Å². The molecular formula is C16H14N2O5. The first-order valence-electron chi connectivity index (χ1n) is 6.83. The summed E-state index contributed by atoms with van der Waals surface area (Å²) in [6.07, 6.45) is 0. The van der Waals surface area contributed by atoms with E-state index in [1.807, 2.05) is 6.07 Å². The first kappa shape index (κ1) is 14.8. The van der Waals surface area contributed by atoms with E-state index < -0.39 is 11.9 Å². The molecule has 7 nitrogen and oxygen atoms in total. The van der Waals surface area contributed by atoms with Crippen LogP contribution in [-0.4, -0.2) is 19.9 Å². The van der Waals surface area contributed by atoms with E-state index in [9.17, 15) is 10.1 Å². The van der Waals surface area contributed by atoms with E-state index in [1.165, 1.54) is 7.11 Å². The van der Waals surface area contributed by atoms with E-state index in [4.69, 9.17) is 24.7 Å². The summed E-state index contributed by atoms with van der Waals surface area (Å²) in [5.41, 5.74) is 6.86. The predicted molar refractivity (Wildman–Crippen MR) is 77.9 cm³/mol. The Kier molecular flexibility index (Phi) is 3.58. The van der Waals surface area contributed by atoms with Gasteiger partial charge >= 0.3 is 5.97 Å². The van der Waals surface area contributed by atoms with Gasteiger partial charge in [-0.05, 0) is 24.6 Å². The lowest BCUT2D eigenvalue weighted by Crippen LogP contribution is -2.25. The van der Waals surface area contributed by atoms with Crippen molar-refractivity contribution in [3.05, 3.63) is 46.6 Å². The van der Waals surface area contributed by atoms with Crippen LogP contribution >= 0.6 is 0 Å². The number of carbonyl (C=O) groups is 1. The molecule has 23 heavy (non-hydrogen) atoms. The SMILES string of the molecule is COC(=O)C1=C(C)OC(N)=C(C#N)[C@@H]1c1ccc2c(c1)OCO2. The van der Waals surface area contributed by atoms with Gasteiger partial charge in [0.2, 0.25) is 12.7 Å². The highest BCUT2D eigenvalue weighted by molar-refractivity contribution is 5.92. The van der Waals surface area contributed by atoms with Crippen molar-refractivity contribution in [2.75, 3.05) is 13.9 Å². The number of ether oxygens (including phenoxy) is 4. The van der Waals surface area contributed by atoms with Crippen LogP contribution in [0.4, 0.5) is 0 Å². The predicted octanol–water partition coefficient (Wildman–Crippen LogP) is 1.67. The van der Waals surface area contributed by atoms with Crippen molar-refractivity contribution in [3.8, 4) is 17.6 Å². The van der Waals surface area contributed by atoms with Crippen LogP contribution in [0.3, 0.4) is 0 Å². The minimum absolute atomic E-state index is 0.0275. The maximum Gasteiger partial charge on any atom is 0.338 e. The van der Waals surface area contributed by atoms with Gasteiger partial charge < -0.3 is 24.7 Å². The molecule has 0 bridgehead atoms. The number of hydrogen-bond acceptors (Lipinski definition) is 7. The Bertz CT molecular complexity index is 788. The summed E-state index contributed by atoms with van der Waals surface area (Å²) in [5.74, 6) is 0.167. The van der Waals surface area contributed by atoms with Gasteiger partial charge in [-0.1, -0.05) is 6.07 Å². The van der Waals surface area contributed by atoms with Crippen LogP contribution in [0.1, 0.15) is 18.4 Å². The molecule has 0 saturated heterocycles. The minimum Gasteiger partial charge on any atom is -0.466 e. The lowest BCUT2D eigenvalue weighted by atomic mass is 9.83. The maximum atomic E-state index is 12.2. The van der Waals surface area contributed by atoms with Gasteiger partial charge in [0.15, 0.2) is 11.5 Å². The van der Waals surface area contributed by atoms with Gasteiger partial charge in [0.05, 0.1) is 18.6 Å². The molecule has 0 aliphatic carbocycles. The largest absolute Gasteiger partial charge is 0.466 e. The number of methoxy groups -OCH3 is 1. The fourth-order valence-electron chi connectivity index (χ4n) is 2.68. The van der Waals surface area contributed by atoms with E-state index >= 15 is 0 Å². The number of nitrogens with two attached hydrogens (primary N) is 1. The molecule has 0 unspecified atom stereocenters. The first-order chi connectivity index (χ1) is 11.1. The number of nitrogens with zero attached hydrogens (tertiary/aromatic N) is 1. The molecule has 0 spiro atoms. The third kappa shape index (κ3) is 2.34. The van der Waals surface area contributed by atoms with Crippen molar-refractivity contribution in [1.29, 1.82) is 5.26 Å². The zero-order valence-corrected chi connectivity index (χ0v) is 12.6. The molecular weight excluding hydrogens is 300 g/mol. The van der Waals surface area contributed by atoms with E-state index in [0.29, 0.717) is 22.8 Å². The van der Waals surface area contributed by atoms with Crippen LogP contribution in [0.25, 0.3) is 0 Å². The molecule has 2 heterocycles. The van der Waals surface area contributed by atoms with Crippen molar-refractivity contribution >= 4 is 5.97 Å². The lowest BCUT2D eigenvalue weighted by Gasteiger charge is -2.26. The standard InChI is InChI=1S/C16H14N2O5/c1-8-13(16(19)20-2)14(10(6-17)15(18)23-8)9-3-4-11-12(5-9)22-7-21-11/h3-5,14H,7,18H2,1-2H3/t14-/m0/s1. The Hall–Kier alpha value is -3.14. The van der Waals surface area contributed by atoms with Gasteiger partial charge in [-0.15, -0.1) is 0 Å². The molecule has 2 N–H and O–H groups in total. The fourth-order valence-corrected chi connectivity index (χ4v) is 2.68. The highest BCUT2D eigenvalue weighted by Crippen LogP contribution is 2.42. The molecule has 0 fully saturated rings. The van der Waals surface area contributed by atoms with Gasteiger partial charge in [-0.3, -0.25) is 0 Å². The van der Waals surface area contributed by atoms with Crippen LogP contribution in [0.2, 0.25) is 0 Å². The molecule has 2 aliphatic heterocycles. The molecule has 0 amide bonds. The third-order valence-corrected chi connectivity index (χ3v) is 3.74. The average Bonchev–Trinajstić information content (AvgIpc) is 3.01. The molecule has 2 aliphatic rings. The molecule has 0 aromatic heterocycles. The smallest absolute Gasteiger partial charge is 0.338 e. The Morgan fingerprint density at radius 3 is 2.83 bits per heavy atom. The third-order valence-electron chi connectivity index (χ3n) is 3.74. The lowest BCUT2D eigenvalue weighted by molar-refractivity contribution is -0.136. The topological polar surface area (TPSA) is 104 Å². The van der Waals surface area contributed by atoms with Crippen molar-refractivity contribution in [1.82, 2.24) is 0 Å². The van der Waals surface area contributed by atoms with Gasteiger partial charge in [0, 0.05) is 0 Å². The maximum absolute atomic E-state index is 12.2. The van der Waals surface area contributed by atoms with E-state index in [0.717, 1.165) is 0 Å². The Labute approximate surface area is 132 Å². The van der Waals surface area contributed by atoms with E-state index in [1.54, 1.807) is 25.1 Å². The van der Waals surface area contributed by atoms with E-state index in [2.05, 4.69) is 0 Å². The number of rotatable bonds is 2. The molecule has 1 aromatic carbocycles. The fraction of sp³-hybridized carbons (Fsp3) is 0.250. The molecule has 7 heteroatoms. The molecule has 0 saturated carbocycles. The quantitative estimate of drug-likeness (QED) is 0.828. The number of allylic oxidation sites excluding steroid dienone is 2. The summed E-state index contributed by atoms with van der Waals surface area (Å²) < 4.78 is 20.8. The van der Waals surface area contributed by atoms with Crippen molar-refractivity contribution in [3.63, 3.8) is 0 Å². The molecule has 0 radical (unpaired) electrons. The summed E-state index contributed by atoms with van der Waals surface area (Å²) in [6.45, 7) is 1.74. The second kappa shape index (κ2) is 5.57. The first-order valence-corrected chi connectivity index (χ1v) is 6.83. The Balaban J connectivity index is 2.16. The monoisotopic (exact) mass is 314 g/mol. The van der Waals surface area contributed by atoms with Crippen LogP contribution in [0.5, 0.6) is 11.5 Å². The van der Waals surface area contributed by atoms with Gasteiger partial charge in [0.1, 0.15) is 17.4 Å². The zero-order valence-electron chi connectivity index (χ0n) is 12.6. The highest BCUT2D eigenvalue weighted by Gasteiger charge is 2.36. The molecule has 1 atom stereocenters. The summed E-state index contributed by atoms with van der Waals surface area (Å²) >= 11 is 0. The summed E-state index contributed by atoms with van der Waals surface area (Å²) in [6, 6.07) is 7.22. The van der Waals surface area contributed by atoms with Gasteiger partial charge in [-0.25, -0.2) is 4.79 Å². The van der Waals surface area contributed by atoms with Crippen LogP contribution in [0, 0.1) is 11.3 Å². The summed E-state index contributed by atoms with van der Waals surface area (Å²) in [7, 11) is 1.27. The molecule has 3 rings (SSSR count). The number of carbonyl (C=O) groups excluding carboxylic acids is 1. The van der Waals surface area contributed by atoms with Crippen molar-refractivity contribution < 1.29 is 23.7 Å². The average molecular weight is 314 g/mol. The second-order valence-corrected chi connectivity index (χ2v) is 5.00. The minimum atomic E-state index is -0.685. The molecule has 1 aromatic rings. The van der Waals surface area contributed by atoms with Gasteiger partial charge in [0.25, 0.3) is 0 Å².